The molecule has 5 heteroatoms. The molecule has 0 N–H and O–H groups in total. The Morgan fingerprint density at radius 1 is 1.21 bits per heavy atom. The lowest BCUT2D eigenvalue weighted by atomic mass is 10.1. The number of nitrogens with zero attached hydrogens (tertiary/aromatic N) is 3. The van der Waals surface area contributed by atoms with Crippen molar-refractivity contribution in [1.29, 1.82) is 0 Å². The second kappa shape index (κ2) is 4.48. The van der Waals surface area contributed by atoms with Crippen molar-refractivity contribution in [2.75, 3.05) is 0 Å². The highest BCUT2D eigenvalue weighted by atomic mass is 35.5. The second-order valence-corrected chi connectivity index (χ2v) is 4.59. The summed E-state index contributed by atoms with van der Waals surface area (Å²) in [5, 5.41) is 1.26. The molecule has 0 unspecified atom stereocenters. The monoisotopic (exact) mass is 271 g/mol. The number of rotatable bonds is 2. The molecule has 0 saturated carbocycles. The number of fused-ring (bicyclic) bond motifs is 1. The van der Waals surface area contributed by atoms with Gasteiger partial charge in [-0.1, -0.05) is 35.9 Å². The number of halogens is 1. The zero-order chi connectivity index (χ0) is 13.4. The van der Waals surface area contributed by atoms with Crippen LogP contribution in [0.15, 0.2) is 36.7 Å². The Hall–Kier alpha value is -2.20. The summed E-state index contributed by atoms with van der Waals surface area (Å²) in [5.41, 5.74) is 3.42. The van der Waals surface area contributed by atoms with Crippen LogP contribution in [0.1, 0.15) is 10.4 Å². The zero-order valence-electron chi connectivity index (χ0n) is 10.2. The summed E-state index contributed by atoms with van der Waals surface area (Å²) < 4.78 is 1.96. The Balaban J connectivity index is 2.21. The molecule has 0 aliphatic heterocycles. The average molecular weight is 272 g/mol. The van der Waals surface area contributed by atoms with Crippen molar-refractivity contribution in [3.8, 4) is 11.3 Å². The third-order valence-corrected chi connectivity index (χ3v) is 3.42. The molecule has 1 aromatic carbocycles. The highest BCUT2D eigenvalue weighted by Crippen LogP contribution is 2.29. The predicted molar refractivity (Wildman–Crippen MR) is 74.3 cm³/mol. The van der Waals surface area contributed by atoms with Crippen LogP contribution in [0.25, 0.3) is 22.3 Å². The minimum absolute atomic E-state index is 0.441. The Morgan fingerprint density at radius 3 is 2.58 bits per heavy atom. The molecule has 19 heavy (non-hydrogen) atoms. The van der Waals surface area contributed by atoms with Gasteiger partial charge in [-0.25, -0.2) is 9.97 Å². The van der Waals surface area contributed by atoms with Crippen LogP contribution in [0, 0.1) is 0 Å². The Kier molecular flexibility index (Phi) is 2.80. The molecule has 0 radical (unpaired) electrons. The van der Waals surface area contributed by atoms with Gasteiger partial charge < -0.3 is 4.57 Å². The second-order valence-electron chi connectivity index (χ2n) is 4.23. The number of hydrogen-bond acceptors (Lipinski definition) is 3. The molecular formula is C14H10ClN3O. The van der Waals surface area contributed by atoms with Gasteiger partial charge in [-0.3, -0.25) is 4.79 Å². The lowest BCUT2D eigenvalue weighted by molar-refractivity contribution is 0.112. The first-order valence-corrected chi connectivity index (χ1v) is 6.10. The van der Waals surface area contributed by atoms with Crippen LogP contribution in [0.5, 0.6) is 0 Å². The van der Waals surface area contributed by atoms with Crippen molar-refractivity contribution in [3.05, 3.63) is 47.4 Å². The van der Waals surface area contributed by atoms with Crippen LogP contribution < -0.4 is 0 Å². The molecule has 0 atom stereocenters. The molecule has 0 fully saturated rings. The standard InChI is InChI=1S/C14H10ClN3O/c1-18-12(10-4-2-9(7-19)3-5-10)6-11-13(15)16-8-17-14(11)18/h2-8H,1H3. The summed E-state index contributed by atoms with van der Waals surface area (Å²) >= 11 is 6.07. The lowest BCUT2D eigenvalue weighted by Crippen LogP contribution is -1.93. The zero-order valence-corrected chi connectivity index (χ0v) is 10.9. The molecule has 94 valence electrons. The van der Waals surface area contributed by atoms with E-state index in [4.69, 9.17) is 11.6 Å². The van der Waals surface area contributed by atoms with E-state index in [2.05, 4.69) is 9.97 Å². The number of aryl methyl sites for hydroxylation is 1. The lowest BCUT2D eigenvalue weighted by Gasteiger charge is -2.03. The van der Waals surface area contributed by atoms with Crippen LogP contribution in [0.4, 0.5) is 0 Å². The smallest absolute Gasteiger partial charge is 0.150 e. The maximum Gasteiger partial charge on any atom is 0.150 e. The van der Waals surface area contributed by atoms with Gasteiger partial charge in [0.2, 0.25) is 0 Å². The molecule has 3 aromatic rings. The fourth-order valence-corrected chi connectivity index (χ4v) is 2.30. The van der Waals surface area contributed by atoms with Crippen LogP contribution in [-0.2, 0) is 7.05 Å². The Morgan fingerprint density at radius 2 is 1.95 bits per heavy atom. The first-order chi connectivity index (χ1) is 9.20. The van der Waals surface area contributed by atoms with E-state index in [1.165, 1.54) is 6.33 Å². The van der Waals surface area contributed by atoms with Crippen molar-refractivity contribution in [2.45, 2.75) is 0 Å². The van der Waals surface area contributed by atoms with Gasteiger partial charge in [0.25, 0.3) is 0 Å². The highest BCUT2D eigenvalue weighted by molar-refractivity contribution is 6.34. The first kappa shape index (κ1) is 11.9. The quantitative estimate of drug-likeness (QED) is 0.531. The van der Waals surface area contributed by atoms with Crippen molar-refractivity contribution >= 4 is 28.9 Å². The van der Waals surface area contributed by atoms with Gasteiger partial charge in [0.1, 0.15) is 23.4 Å². The van der Waals surface area contributed by atoms with E-state index in [1.807, 2.05) is 29.8 Å². The number of carbonyl (C=O) groups is 1. The molecule has 0 bridgehead atoms. The summed E-state index contributed by atoms with van der Waals surface area (Å²) in [6.45, 7) is 0. The maximum atomic E-state index is 10.7. The van der Waals surface area contributed by atoms with Gasteiger partial charge in [0.05, 0.1) is 11.1 Å². The summed E-state index contributed by atoms with van der Waals surface area (Å²) in [6.07, 6.45) is 2.28. The fourth-order valence-electron chi connectivity index (χ4n) is 2.11. The number of aldehydes is 1. The van der Waals surface area contributed by atoms with E-state index in [9.17, 15) is 4.79 Å². The third-order valence-electron chi connectivity index (χ3n) is 3.12. The largest absolute Gasteiger partial charge is 0.328 e. The molecule has 0 amide bonds. The summed E-state index contributed by atoms with van der Waals surface area (Å²) in [5.74, 6) is 0. The summed E-state index contributed by atoms with van der Waals surface area (Å²) in [7, 11) is 1.93. The van der Waals surface area contributed by atoms with Gasteiger partial charge in [0.15, 0.2) is 0 Å². The molecule has 0 saturated heterocycles. The SMILES string of the molecule is Cn1c(-c2ccc(C=O)cc2)cc2c(Cl)ncnc21. The van der Waals surface area contributed by atoms with Gasteiger partial charge >= 0.3 is 0 Å². The first-order valence-electron chi connectivity index (χ1n) is 5.72. The van der Waals surface area contributed by atoms with E-state index in [1.54, 1.807) is 12.1 Å². The number of aromatic nitrogens is 3. The molecule has 3 rings (SSSR count). The van der Waals surface area contributed by atoms with Gasteiger partial charge in [-0.05, 0) is 11.6 Å². The Bertz CT molecular complexity index is 762. The molecule has 0 aliphatic rings. The normalized spacial score (nSPS) is 10.8. The van der Waals surface area contributed by atoms with E-state index < -0.39 is 0 Å². The van der Waals surface area contributed by atoms with Crippen LogP contribution in [0.3, 0.4) is 0 Å². The molecule has 2 aromatic heterocycles. The van der Waals surface area contributed by atoms with Crippen molar-refractivity contribution in [3.63, 3.8) is 0 Å². The predicted octanol–water partition coefficient (Wildman–Crippen LogP) is 3.10. The van der Waals surface area contributed by atoms with E-state index in [-0.39, 0.29) is 0 Å². The molecular weight excluding hydrogens is 262 g/mol. The molecule has 4 nitrogen and oxygen atoms in total. The Labute approximate surface area is 114 Å². The minimum atomic E-state index is 0.441. The summed E-state index contributed by atoms with van der Waals surface area (Å²) in [6, 6.07) is 9.33. The van der Waals surface area contributed by atoms with Crippen LogP contribution in [0.2, 0.25) is 5.15 Å². The van der Waals surface area contributed by atoms with Crippen molar-refractivity contribution in [2.24, 2.45) is 7.05 Å². The number of hydrogen-bond donors (Lipinski definition) is 0. The van der Waals surface area contributed by atoms with Gasteiger partial charge in [-0.15, -0.1) is 0 Å². The fraction of sp³-hybridized carbons (Fsp3) is 0.0714. The average Bonchev–Trinajstić information content (AvgIpc) is 2.78. The molecule has 0 aliphatic carbocycles. The third kappa shape index (κ3) is 1.90. The van der Waals surface area contributed by atoms with Gasteiger partial charge in [0, 0.05) is 12.6 Å². The van der Waals surface area contributed by atoms with E-state index in [0.717, 1.165) is 28.6 Å². The number of benzene rings is 1. The highest BCUT2D eigenvalue weighted by Gasteiger charge is 2.11. The number of carbonyl (C=O) groups excluding carboxylic acids is 1. The van der Waals surface area contributed by atoms with Crippen LogP contribution >= 0.6 is 11.6 Å². The van der Waals surface area contributed by atoms with Crippen molar-refractivity contribution in [1.82, 2.24) is 14.5 Å². The maximum absolute atomic E-state index is 10.7. The molecule has 2 heterocycles. The summed E-state index contributed by atoms with van der Waals surface area (Å²) in [4.78, 5) is 18.9. The van der Waals surface area contributed by atoms with Gasteiger partial charge in [-0.2, -0.15) is 0 Å². The molecule has 0 spiro atoms. The van der Waals surface area contributed by atoms with E-state index in [0.29, 0.717) is 10.7 Å². The minimum Gasteiger partial charge on any atom is -0.328 e. The van der Waals surface area contributed by atoms with Crippen LogP contribution in [-0.4, -0.2) is 20.8 Å². The van der Waals surface area contributed by atoms with E-state index >= 15 is 0 Å². The topological polar surface area (TPSA) is 47.8 Å². The van der Waals surface area contributed by atoms with Crippen molar-refractivity contribution < 1.29 is 4.79 Å².